The standard InChI is InChI=1S/C48H52F3N3O10/c1-43(2)63-39-19-36-35-12-10-31-18-33(55)13-15-44(31,3)47(35,51)37(56)20-45(36,4)48(39,64-43)38(57)26-62-41(59)22-46(49,50)21-40(58)61-25-27-5-7-28(8-6-27)34(23-52)42(60)54-32-11-9-30-24-53-16-14-29(30)17-32/h5-9,11,13-18,24,34-37,39,56H,10,12,19-23,25-26,52H2,1-4H3,(H,54,60)/t34-,35+,36+,37+,39-,44+,45+,47+,48-/m1/s1. The van der Waals surface area contributed by atoms with Gasteiger partial charge in [0.1, 0.15) is 19.4 Å². The first-order valence-electron chi connectivity index (χ1n) is 21.5. The normalized spacial score (nSPS) is 31.8. The summed E-state index contributed by atoms with van der Waals surface area (Å²) >= 11 is 0. The van der Waals surface area contributed by atoms with Gasteiger partial charge in [0, 0.05) is 46.8 Å². The minimum atomic E-state index is -3.90. The number of allylic oxidation sites excluding steroid dienone is 4. The van der Waals surface area contributed by atoms with E-state index in [1.165, 1.54) is 18.2 Å². The Morgan fingerprint density at radius 2 is 1.72 bits per heavy atom. The lowest BCUT2D eigenvalue weighted by atomic mass is 9.44. The fraction of sp³-hybridized carbons (Fsp3) is 0.500. The molecule has 5 aliphatic rings. The molecule has 64 heavy (non-hydrogen) atoms. The van der Waals surface area contributed by atoms with Crippen LogP contribution in [0.4, 0.5) is 18.9 Å². The molecule has 0 bridgehead atoms. The molecule has 1 aliphatic heterocycles. The van der Waals surface area contributed by atoms with Gasteiger partial charge >= 0.3 is 11.9 Å². The number of nitrogens with zero attached hydrogens (tertiary/aromatic N) is 1. The lowest BCUT2D eigenvalue weighted by Crippen LogP contribution is -2.70. The maximum Gasteiger partial charge on any atom is 0.312 e. The number of carbonyl (C=O) groups excluding carboxylic acids is 5. The molecule has 3 saturated carbocycles. The van der Waals surface area contributed by atoms with Gasteiger partial charge in [-0.2, -0.15) is 0 Å². The molecule has 9 atom stereocenters. The van der Waals surface area contributed by atoms with Gasteiger partial charge in [-0.25, -0.2) is 13.2 Å². The van der Waals surface area contributed by atoms with Gasteiger partial charge in [-0.15, -0.1) is 0 Å². The lowest BCUT2D eigenvalue weighted by molar-refractivity contribution is -0.246. The number of aromatic nitrogens is 1. The van der Waals surface area contributed by atoms with Crippen molar-refractivity contribution in [2.45, 2.75) is 114 Å². The van der Waals surface area contributed by atoms with Crippen molar-refractivity contribution in [1.29, 1.82) is 0 Å². The number of anilines is 1. The third-order valence-electron chi connectivity index (χ3n) is 14.5. The average Bonchev–Trinajstić information content (AvgIpc) is 3.65. The van der Waals surface area contributed by atoms with E-state index in [1.807, 2.05) is 18.2 Å². The van der Waals surface area contributed by atoms with Crippen molar-refractivity contribution in [2.75, 3.05) is 18.5 Å². The molecule has 3 aromatic rings. The minimum absolute atomic E-state index is 0.00137. The lowest BCUT2D eigenvalue weighted by Gasteiger charge is -2.62. The zero-order chi connectivity index (χ0) is 46.0. The molecule has 0 unspecified atom stereocenters. The number of aliphatic hydroxyl groups excluding tert-OH is 1. The van der Waals surface area contributed by atoms with Gasteiger partial charge in [-0.3, -0.25) is 29.0 Å². The molecule has 4 fully saturated rings. The number of rotatable bonds is 13. The molecule has 1 amide bonds. The summed E-state index contributed by atoms with van der Waals surface area (Å²) in [7, 11) is 0. The Hall–Kier alpha value is -5.29. The molecule has 2 heterocycles. The monoisotopic (exact) mass is 887 g/mol. The molecule has 13 nitrogen and oxygen atoms in total. The molecular weight excluding hydrogens is 836 g/mol. The summed E-state index contributed by atoms with van der Waals surface area (Å²) in [5, 5.41) is 16.5. The Balaban J connectivity index is 0.858. The van der Waals surface area contributed by atoms with Gasteiger partial charge in [0.25, 0.3) is 5.92 Å². The molecule has 0 radical (unpaired) electrons. The van der Waals surface area contributed by atoms with E-state index in [-0.39, 0.29) is 44.1 Å². The summed E-state index contributed by atoms with van der Waals surface area (Å²) in [5.74, 6) is -11.3. The van der Waals surface area contributed by atoms with Crippen LogP contribution in [0.3, 0.4) is 0 Å². The highest BCUT2D eigenvalue weighted by Gasteiger charge is 2.80. The number of alkyl halides is 3. The highest BCUT2D eigenvalue weighted by molar-refractivity contribution is 6.01. The second-order valence-electron chi connectivity index (χ2n) is 18.8. The summed E-state index contributed by atoms with van der Waals surface area (Å²) in [6, 6.07) is 13.7. The van der Waals surface area contributed by atoms with Crippen molar-refractivity contribution >= 4 is 45.9 Å². The number of ketones is 2. The zero-order valence-electron chi connectivity index (χ0n) is 36.0. The van der Waals surface area contributed by atoms with Gasteiger partial charge < -0.3 is 35.1 Å². The number of carbonyl (C=O) groups is 5. The summed E-state index contributed by atoms with van der Waals surface area (Å²) in [5.41, 5.74) is 1.65. The number of aliphatic hydroxyl groups is 1. The number of pyridine rings is 1. The number of hydrogen-bond donors (Lipinski definition) is 3. The summed E-state index contributed by atoms with van der Waals surface area (Å²) < 4.78 is 70.8. The molecule has 2 aromatic carbocycles. The predicted octanol–water partition coefficient (Wildman–Crippen LogP) is 6.36. The van der Waals surface area contributed by atoms with E-state index < -0.39 is 101 Å². The number of nitrogens with one attached hydrogen (secondary N) is 1. The first-order valence-corrected chi connectivity index (χ1v) is 21.5. The number of halogens is 3. The Bertz CT molecular complexity index is 2460. The fourth-order valence-corrected chi connectivity index (χ4v) is 11.4. The molecule has 1 aromatic heterocycles. The molecule has 4 aliphatic carbocycles. The van der Waals surface area contributed by atoms with Gasteiger partial charge in [0.15, 0.2) is 29.4 Å². The van der Waals surface area contributed by atoms with E-state index in [0.29, 0.717) is 28.8 Å². The van der Waals surface area contributed by atoms with Crippen LogP contribution >= 0.6 is 0 Å². The number of hydrogen-bond acceptors (Lipinski definition) is 12. The van der Waals surface area contributed by atoms with Crippen molar-refractivity contribution in [3.8, 4) is 0 Å². The van der Waals surface area contributed by atoms with Gasteiger partial charge in [-0.1, -0.05) is 48.9 Å². The third-order valence-corrected chi connectivity index (χ3v) is 14.5. The quantitative estimate of drug-likeness (QED) is 0.161. The largest absolute Gasteiger partial charge is 0.461 e. The van der Waals surface area contributed by atoms with Crippen molar-refractivity contribution in [1.82, 2.24) is 4.98 Å². The van der Waals surface area contributed by atoms with E-state index >= 15 is 13.2 Å². The van der Waals surface area contributed by atoms with Crippen LogP contribution in [-0.4, -0.2) is 87.8 Å². The van der Waals surface area contributed by atoms with Crippen LogP contribution in [0, 0.1) is 22.7 Å². The van der Waals surface area contributed by atoms with Crippen molar-refractivity contribution in [2.24, 2.45) is 28.4 Å². The Morgan fingerprint density at radius 3 is 2.44 bits per heavy atom. The number of benzene rings is 2. The van der Waals surface area contributed by atoms with Crippen molar-refractivity contribution < 1.29 is 61.2 Å². The second-order valence-corrected chi connectivity index (χ2v) is 18.8. The fourth-order valence-electron chi connectivity index (χ4n) is 11.4. The highest BCUT2D eigenvalue weighted by atomic mass is 19.3. The molecule has 4 N–H and O–H groups in total. The summed E-state index contributed by atoms with van der Waals surface area (Å²) in [4.78, 5) is 69.2. The maximum atomic E-state index is 17.7. The van der Waals surface area contributed by atoms with E-state index in [2.05, 4.69) is 10.3 Å². The van der Waals surface area contributed by atoms with Crippen LogP contribution in [0.5, 0.6) is 0 Å². The topological polar surface area (TPSA) is 193 Å². The van der Waals surface area contributed by atoms with E-state index in [4.69, 9.17) is 24.7 Å². The van der Waals surface area contributed by atoms with Gasteiger partial charge in [0.05, 0.1) is 18.1 Å². The van der Waals surface area contributed by atoms with Gasteiger partial charge in [-0.05, 0) is 99.2 Å². The predicted molar refractivity (Wildman–Crippen MR) is 225 cm³/mol. The molecule has 1 saturated heterocycles. The van der Waals surface area contributed by atoms with Crippen LogP contribution in [0.2, 0.25) is 0 Å². The zero-order valence-corrected chi connectivity index (χ0v) is 36.0. The Morgan fingerprint density at radius 1 is 1.00 bits per heavy atom. The number of nitrogens with two attached hydrogens (primary N) is 1. The smallest absolute Gasteiger partial charge is 0.312 e. The average molecular weight is 888 g/mol. The number of amides is 1. The second kappa shape index (κ2) is 16.3. The van der Waals surface area contributed by atoms with Crippen LogP contribution in [0.15, 0.2) is 84.7 Å². The number of Topliss-reactive ketones (excluding diaryl/α,β-unsaturated/α-hetero) is 1. The van der Waals surface area contributed by atoms with Crippen LogP contribution in [0.1, 0.15) is 83.3 Å². The summed E-state index contributed by atoms with van der Waals surface area (Å²) in [6.45, 7) is 5.27. The first-order chi connectivity index (χ1) is 30.1. The van der Waals surface area contributed by atoms with Gasteiger partial charge in [0.2, 0.25) is 11.7 Å². The number of ether oxygens (including phenoxy) is 4. The van der Waals surface area contributed by atoms with Crippen molar-refractivity contribution in [3.63, 3.8) is 0 Å². The number of fused-ring (bicyclic) bond motifs is 8. The van der Waals surface area contributed by atoms with E-state index in [1.54, 1.807) is 70.4 Å². The Kier molecular flexibility index (Phi) is 11.5. The maximum absolute atomic E-state index is 17.7. The highest BCUT2D eigenvalue weighted by Crippen LogP contribution is 2.72. The minimum Gasteiger partial charge on any atom is -0.461 e. The van der Waals surface area contributed by atoms with E-state index in [9.17, 15) is 29.1 Å². The van der Waals surface area contributed by atoms with Crippen LogP contribution in [0.25, 0.3) is 10.8 Å². The van der Waals surface area contributed by atoms with Crippen LogP contribution in [-0.2, 0) is 49.5 Å². The first kappa shape index (κ1) is 45.3. The van der Waals surface area contributed by atoms with E-state index in [0.717, 1.165) is 10.8 Å². The molecule has 16 heteroatoms. The molecule has 340 valence electrons. The molecule has 8 rings (SSSR count). The number of esters is 2. The SMILES string of the molecule is CC1(C)O[C@@H]2C[C@H]3[C@@H]4CCC5=CC(=O)C=C[C@]5(C)[C@@]4(F)[C@@H](O)C[C@]3(C)[C@]2(C(=O)COC(=O)CC(F)(F)CC(=O)OCc2ccc([C@@H](CN)C(=O)Nc3ccc4cnccc4c3)cc2)O1. The molecule has 0 spiro atoms. The third kappa shape index (κ3) is 7.65. The summed E-state index contributed by atoms with van der Waals surface area (Å²) in [6.07, 6.45) is 2.77. The van der Waals surface area contributed by atoms with Crippen LogP contribution < -0.4 is 11.1 Å². The molecular formula is C48H52F3N3O10. The van der Waals surface area contributed by atoms with Crippen molar-refractivity contribution in [3.05, 3.63) is 95.9 Å². The Labute approximate surface area is 367 Å².